The van der Waals surface area contributed by atoms with Crippen LogP contribution in [0.1, 0.15) is 12.8 Å². The number of aliphatic carboxylic acids is 2. The maximum Gasteiger partial charge on any atom is 0.328 e. The molecule has 0 heterocycles. The number of carbonyl (C=O) groups excluding carboxylic acids is 1. The Morgan fingerprint density at radius 1 is 1.25 bits per heavy atom. The summed E-state index contributed by atoms with van der Waals surface area (Å²) in [5, 5.41) is 27.4. The second-order valence-electron chi connectivity index (χ2n) is 3.12. The van der Waals surface area contributed by atoms with E-state index in [0.717, 1.165) is 0 Å². The van der Waals surface area contributed by atoms with Crippen LogP contribution in [0.5, 0.6) is 0 Å². The van der Waals surface area contributed by atoms with E-state index in [1.54, 1.807) is 0 Å². The summed E-state index contributed by atoms with van der Waals surface area (Å²) in [7, 11) is 0. The second-order valence-corrected chi connectivity index (χ2v) is 3.12. The van der Waals surface area contributed by atoms with Crippen LogP contribution in [0.4, 0.5) is 0 Å². The monoisotopic (exact) mass is 234 g/mol. The molecule has 8 nitrogen and oxygen atoms in total. The zero-order valence-electron chi connectivity index (χ0n) is 8.42. The molecule has 0 saturated heterocycles. The first-order chi connectivity index (χ1) is 7.38. The highest BCUT2D eigenvalue weighted by Gasteiger charge is 2.22. The Hall–Kier alpha value is -1.67. The molecule has 92 valence electrons. The van der Waals surface area contributed by atoms with E-state index in [9.17, 15) is 14.4 Å². The number of nitrogens with one attached hydrogen (secondary N) is 1. The van der Waals surface area contributed by atoms with Gasteiger partial charge in [0.1, 0.15) is 6.04 Å². The molecule has 0 aliphatic heterocycles. The van der Waals surface area contributed by atoms with Gasteiger partial charge in [0.15, 0.2) is 0 Å². The normalized spacial score (nSPS) is 13.9. The molecule has 0 aromatic rings. The standard InChI is InChI=1S/C8H14N2O6/c9-4(1-2-6(12)13)7(14)10-5(3-11)8(15)16/h4-5,11H,1-3,9H2,(H,10,14)(H,12,13)(H,15,16). The Morgan fingerprint density at radius 2 is 1.81 bits per heavy atom. The molecule has 16 heavy (non-hydrogen) atoms. The number of hydrogen-bond acceptors (Lipinski definition) is 5. The van der Waals surface area contributed by atoms with Gasteiger partial charge in [0.05, 0.1) is 12.6 Å². The minimum atomic E-state index is -1.43. The third-order valence-corrected chi connectivity index (χ3v) is 1.80. The lowest BCUT2D eigenvalue weighted by atomic mass is 10.1. The summed E-state index contributed by atoms with van der Waals surface area (Å²) in [6.45, 7) is -0.757. The molecule has 8 heteroatoms. The summed E-state index contributed by atoms with van der Waals surface area (Å²) in [4.78, 5) is 31.9. The first kappa shape index (κ1) is 14.3. The van der Waals surface area contributed by atoms with E-state index < -0.39 is 36.5 Å². The molecule has 0 rings (SSSR count). The Labute approximate surface area is 91.1 Å². The van der Waals surface area contributed by atoms with Gasteiger partial charge in [-0.05, 0) is 6.42 Å². The van der Waals surface area contributed by atoms with Crippen LogP contribution in [0.25, 0.3) is 0 Å². The van der Waals surface area contributed by atoms with Gasteiger partial charge in [0, 0.05) is 6.42 Å². The van der Waals surface area contributed by atoms with Gasteiger partial charge in [-0.1, -0.05) is 0 Å². The average Bonchev–Trinajstić information content (AvgIpc) is 2.21. The zero-order chi connectivity index (χ0) is 12.7. The minimum Gasteiger partial charge on any atom is -0.481 e. The Morgan fingerprint density at radius 3 is 2.19 bits per heavy atom. The van der Waals surface area contributed by atoms with Crippen LogP contribution in [0.3, 0.4) is 0 Å². The molecule has 2 unspecified atom stereocenters. The summed E-state index contributed by atoms with van der Waals surface area (Å²) in [6, 6.07) is -2.53. The molecule has 0 aliphatic carbocycles. The number of carboxylic acids is 2. The van der Waals surface area contributed by atoms with Crippen molar-refractivity contribution in [2.75, 3.05) is 6.61 Å². The fourth-order valence-corrected chi connectivity index (χ4v) is 0.874. The van der Waals surface area contributed by atoms with Gasteiger partial charge in [-0.3, -0.25) is 9.59 Å². The van der Waals surface area contributed by atoms with Crippen LogP contribution in [-0.4, -0.2) is 51.9 Å². The molecule has 1 amide bonds. The van der Waals surface area contributed by atoms with Gasteiger partial charge in [-0.2, -0.15) is 0 Å². The Kier molecular flexibility index (Phi) is 6.04. The van der Waals surface area contributed by atoms with Crippen LogP contribution < -0.4 is 11.1 Å². The Bertz CT molecular complexity index is 280. The molecule has 0 aromatic carbocycles. The number of rotatable bonds is 7. The first-order valence-electron chi connectivity index (χ1n) is 4.50. The molecular formula is C8H14N2O6. The highest BCUT2D eigenvalue weighted by Crippen LogP contribution is 1.95. The lowest BCUT2D eigenvalue weighted by molar-refractivity contribution is -0.143. The largest absolute Gasteiger partial charge is 0.481 e. The lowest BCUT2D eigenvalue weighted by Crippen LogP contribution is -2.50. The van der Waals surface area contributed by atoms with Crippen LogP contribution in [-0.2, 0) is 14.4 Å². The van der Waals surface area contributed by atoms with E-state index >= 15 is 0 Å². The highest BCUT2D eigenvalue weighted by atomic mass is 16.4. The molecule has 0 bridgehead atoms. The smallest absolute Gasteiger partial charge is 0.328 e. The van der Waals surface area contributed by atoms with Crippen molar-refractivity contribution in [3.8, 4) is 0 Å². The number of amides is 1. The van der Waals surface area contributed by atoms with Crippen LogP contribution in [0.2, 0.25) is 0 Å². The lowest BCUT2D eigenvalue weighted by Gasteiger charge is -2.15. The van der Waals surface area contributed by atoms with E-state index in [1.165, 1.54) is 0 Å². The van der Waals surface area contributed by atoms with Crippen molar-refractivity contribution in [1.29, 1.82) is 0 Å². The third kappa shape index (κ3) is 5.27. The summed E-state index contributed by atoms with van der Waals surface area (Å²) in [5.74, 6) is -3.29. The van der Waals surface area contributed by atoms with Crippen molar-refractivity contribution in [2.24, 2.45) is 5.73 Å². The van der Waals surface area contributed by atoms with Gasteiger partial charge in [0.25, 0.3) is 0 Å². The van der Waals surface area contributed by atoms with Crippen LogP contribution in [0.15, 0.2) is 0 Å². The Balaban J connectivity index is 4.13. The summed E-state index contributed by atoms with van der Waals surface area (Å²) < 4.78 is 0. The van der Waals surface area contributed by atoms with Crippen molar-refractivity contribution in [2.45, 2.75) is 24.9 Å². The van der Waals surface area contributed by atoms with E-state index in [-0.39, 0.29) is 12.8 Å². The predicted octanol–water partition coefficient (Wildman–Crippen LogP) is -2.26. The first-order valence-corrected chi connectivity index (χ1v) is 4.50. The van der Waals surface area contributed by atoms with Crippen LogP contribution in [0, 0.1) is 0 Å². The van der Waals surface area contributed by atoms with Crippen molar-refractivity contribution < 1.29 is 29.7 Å². The fourth-order valence-electron chi connectivity index (χ4n) is 0.874. The third-order valence-electron chi connectivity index (χ3n) is 1.80. The second kappa shape index (κ2) is 6.75. The van der Waals surface area contributed by atoms with Crippen LogP contribution >= 0.6 is 0 Å². The SMILES string of the molecule is NC(CCC(=O)O)C(=O)NC(CO)C(=O)O. The van der Waals surface area contributed by atoms with E-state index in [0.29, 0.717) is 0 Å². The molecule has 0 aliphatic rings. The van der Waals surface area contributed by atoms with Crippen molar-refractivity contribution in [3.05, 3.63) is 0 Å². The number of carbonyl (C=O) groups is 3. The van der Waals surface area contributed by atoms with E-state index in [4.69, 9.17) is 21.1 Å². The van der Waals surface area contributed by atoms with E-state index in [2.05, 4.69) is 0 Å². The number of hydrogen-bond donors (Lipinski definition) is 5. The molecule has 0 aromatic heterocycles. The average molecular weight is 234 g/mol. The molecule has 0 saturated carbocycles. The number of carboxylic acid groups (broad SMARTS) is 2. The summed E-state index contributed by atoms with van der Waals surface area (Å²) in [5.41, 5.74) is 5.32. The van der Waals surface area contributed by atoms with Gasteiger partial charge < -0.3 is 26.4 Å². The van der Waals surface area contributed by atoms with E-state index in [1.807, 2.05) is 5.32 Å². The fraction of sp³-hybridized carbons (Fsp3) is 0.625. The van der Waals surface area contributed by atoms with Crippen molar-refractivity contribution in [1.82, 2.24) is 5.32 Å². The molecule has 0 radical (unpaired) electrons. The van der Waals surface area contributed by atoms with Gasteiger partial charge in [0.2, 0.25) is 5.91 Å². The van der Waals surface area contributed by atoms with Gasteiger partial charge in [-0.25, -0.2) is 4.79 Å². The van der Waals surface area contributed by atoms with Crippen molar-refractivity contribution in [3.63, 3.8) is 0 Å². The maximum atomic E-state index is 11.2. The summed E-state index contributed by atoms with van der Waals surface area (Å²) >= 11 is 0. The molecular weight excluding hydrogens is 220 g/mol. The quantitative estimate of drug-likeness (QED) is 0.333. The number of nitrogens with two attached hydrogens (primary N) is 1. The summed E-state index contributed by atoms with van der Waals surface area (Å²) in [6.07, 6.45) is -0.385. The number of aliphatic hydroxyl groups excluding tert-OH is 1. The minimum absolute atomic E-state index is 0.0983. The van der Waals surface area contributed by atoms with Gasteiger partial charge in [-0.15, -0.1) is 0 Å². The molecule has 2 atom stereocenters. The zero-order valence-corrected chi connectivity index (χ0v) is 8.42. The maximum absolute atomic E-state index is 11.2. The molecule has 6 N–H and O–H groups in total. The molecule has 0 spiro atoms. The van der Waals surface area contributed by atoms with Gasteiger partial charge >= 0.3 is 11.9 Å². The molecule has 0 fully saturated rings. The topological polar surface area (TPSA) is 150 Å². The number of aliphatic hydroxyl groups is 1. The predicted molar refractivity (Wildman–Crippen MR) is 51.5 cm³/mol. The highest BCUT2D eigenvalue weighted by molar-refractivity contribution is 5.87. The van der Waals surface area contributed by atoms with Crippen molar-refractivity contribution >= 4 is 17.8 Å².